The lowest BCUT2D eigenvalue weighted by Gasteiger charge is -2.38. The van der Waals surface area contributed by atoms with Crippen LogP contribution >= 0.6 is 0 Å². The van der Waals surface area contributed by atoms with E-state index in [1.165, 1.54) is 18.5 Å². The van der Waals surface area contributed by atoms with Crippen molar-refractivity contribution in [1.82, 2.24) is 9.88 Å². The third-order valence-electron chi connectivity index (χ3n) is 2.57. The summed E-state index contributed by atoms with van der Waals surface area (Å²) in [5.74, 6) is 0. The number of nitrogens with zero attached hydrogens (tertiary/aromatic N) is 2. The van der Waals surface area contributed by atoms with Crippen molar-refractivity contribution in [2.75, 3.05) is 6.54 Å². The first-order valence-corrected chi connectivity index (χ1v) is 4.49. The molecule has 1 aromatic heterocycles. The Balaban J connectivity index is 1.95. The summed E-state index contributed by atoms with van der Waals surface area (Å²) in [7, 11) is 0. The molecule has 0 radical (unpaired) electrons. The molecule has 12 heavy (non-hydrogen) atoms. The maximum atomic E-state index is 4.09. The van der Waals surface area contributed by atoms with Crippen molar-refractivity contribution in [3.8, 4) is 0 Å². The molecule has 0 amide bonds. The number of hydrogen-bond donors (Lipinski definition) is 0. The first-order valence-electron chi connectivity index (χ1n) is 4.49. The van der Waals surface area contributed by atoms with Gasteiger partial charge in [0.1, 0.15) is 0 Å². The summed E-state index contributed by atoms with van der Waals surface area (Å²) in [4.78, 5) is 6.56. The minimum Gasteiger partial charge on any atom is -0.296 e. The molecule has 1 fully saturated rings. The average Bonchev–Trinajstić information content (AvgIpc) is 2.14. The van der Waals surface area contributed by atoms with Crippen molar-refractivity contribution in [3.05, 3.63) is 30.1 Å². The summed E-state index contributed by atoms with van der Waals surface area (Å²) in [6.45, 7) is 4.59. The minimum absolute atomic E-state index is 0.769. The summed E-state index contributed by atoms with van der Waals surface area (Å²) in [6, 6.07) is 4.91. The fourth-order valence-corrected chi connectivity index (χ4v) is 1.53. The molecule has 2 heteroatoms. The van der Waals surface area contributed by atoms with E-state index in [9.17, 15) is 0 Å². The number of likely N-dealkylation sites (tertiary alicyclic amines) is 1. The summed E-state index contributed by atoms with van der Waals surface area (Å²) in [6.07, 6.45) is 5.12. The second kappa shape index (κ2) is 3.23. The molecule has 0 bridgehead atoms. The van der Waals surface area contributed by atoms with E-state index < -0.39 is 0 Å². The van der Waals surface area contributed by atoms with Crippen LogP contribution in [0.2, 0.25) is 0 Å². The highest BCUT2D eigenvalue weighted by molar-refractivity contribution is 5.08. The summed E-state index contributed by atoms with van der Waals surface area (Å²) in [5.41, 5.74) is 1.32. The normalized spacial score (nSPS) is 23.6. The molecule has 0 aromatic carbocycles. The van der Waals surface area contributed by atoms with Crippen LogP contribution in [0.1, 0.15) is 18.9 Å². The van der Waals surface area contributed by atoms with Crippen LogP contribution < -0.4 is 0 Å². The Morgan fingerprint density at radius 1 is 1.67 bits per heavy atom. The SMILES string of the molecule is CC1CCN1Cc1cccnc1. The summed E-state index contributed by atoms with van der Waals surface area (Å²) in [5, 5.41) is 0. The van der Waals surface area contributed by atoms with Crippen LogP contribution in [0.5, 0.6) is 0 Å². The van der Waals surface area contributed by atoms with Gasteiger partial charge in [-0.2, -0.15) is 0 Å². The number of aromatic nitrogens is 1. The Labute approximate surface area is 73.2 Å². The predicted molar refractivity (Wildman–Crippen MR) is 48.7 cm³/mol. The van der Waals surface area contributed by atoms with Crippen molar-refractivity contribution in [2.24, 2.45) is 0 Å². The molecule has 1 aliphatic heterocycles. The lowest BCUT2D eigenvalue weighted by Crippen LogP contribution is -2.44. The molecule has 1 aliphatic rings. The Morgan fingerprint density at radius 2 is 2.58 bits per heavy atom. The van der Waals surface area contributed by atoms with Crippen LogP contribution in [-0.4, -0.2) is 22.5 Å². The zero-order chi connectivity index (χ0) is 8.39. The zero-order valence-electron chi connectivity index (χ0n) is 7.40. The first-order chi connectivity index (χ1) is 5.86. The predicted octanol–water partition coefficient (Wildman–Crippen LogP) is 1.68. The molecule has 2 heterocycles. The minimum atomic E-state index is 0.769. The van der Waals surface area contributed by atoms with E-state index >= 15 is 0 Å². The Hall–Kier alpha value is -0.890. The Bertz CT molecular complexity index is 245. The Kier molecular flexibility index (Phi) is 2.09. The van der Waals surface area contributed by atoms with E-state index in [1.54, 1.807) is 0 Å². The maximum Gasteiger partial charge on any atom is 0.0312 e. The monoisotopic (exact) mass is 162 g/mol. The molecule has 0 aliphatic carbocycles. The molecule has 2 nitrogen and oxygen atoms in total. The van der Waals surface area contributed by atoms with Crippen LogP contribution in [0.4, 0.5) is 0 Å². The number of pyridine rings is 1. The standard InChI is InChI=1S/C10H14N2/c1-9-4-6-12(9)8-10-3-2-5-11-7-10/h2-3,5,7,9H,4,6,8H2,1H3. The van der Waals surface area contributed by atoms with Gasteiger partial charge in [0, 0.05) is 31.5 Å². The van der Waals surface area contributed by atoms with Gasteiger partial charge in [0.05, 0.1) is 0 Å². The third kappa shape index (κ3) is 1.48. The smallest absolute Gasteiger partial charge is 0.0312 e. The Morgan fingerprint density at radius 3 is 3.08 bits per heavy atom. The van der Waals surface area contributed by atoms with Crippen molar-refractivity contribution in [2.45, 2.75) is 25.9 Å². The number of rotatable bonds is 2. The highest BCUT2D eigenvalue weighted by Crippen LogP contribution is 2.18. The van der Waals surface area contributed by atoms with Gasteiger partial charge >= 0.3 is 0 Å². The fourth-order valence-electron chi connectivity index (χ4n) is 1.53. The average molecular weight is 162 g/mol. The van der Waals surface area contributed by atoms with Gasteiger partial charge in [0.25, 0.3) is 0 Å². The summed E-state index contributed by atoms with van der Waals surface area (Å²) < 4.78 is 0. The van der Waals surface area contributed by atoms with Crippen LogP contribution in [0.3, 0.4) is 0 Å². The van der Waals surface area contributed by atoms with Gasteiger partial charge in [-0.15, -0.1) is 0 Å². The fraction of sp³-hybridized carbons (Fsp3) is 0.500. The molecule has 64 valence electrons. The highest BCUT2D eigenvalue weighted by atomic mass is 15.2. The van der Waals surface area contributed by atoms with Gasteiger partial charge in [-0.3, -0.25) is 9.88 Å². The van der Waals surface area contributed by atoms with E-state index in [1.807, 2.05) is 18.5 Å². The first kappa shape index (κ1) is 7.74. The van der Waals surface area contributed by atoms with E-state index in [2.05, 4.69) is 22.9 Å². The van der Waals surface area contributed by atoms with Crippen LogP contribution in [0, 0.1) is 0 Å². The molecule has 1 aromatic rings. The lowest BCUT2D eigenvalue weighted by atomic mass is 10.0. The molecule has 1 saturated heterocycles. The summed E-state index contributed by atoms with van der Waals surface area (Å²) >= 11 is 0. The van der Waals surface area contributed by atoms with E-state index in [4.69, 9.17) is 0 Å². The van der Waals surface area contributed by atoms with Gasteiger partial charge < -0.3 is 0 Å². The molecule has 1 unspecified atom stereocenters. The lowest BCUT2D eigenvalue weighted by molar-refractivity contribution is 0.0958. The molecule has 0 spiro atoms. The van der Waals surface area contributed by atoms with Gasteiger partial charge in [0.2, 0.25) is 0 Å². The van der Waals surface area contributed by atoms with E-state index in [0.29, 0.717) is 0 Å². The van der Waals surface area contributed by atoms with Gasteiger partial charge in [-0.05, 0) is 25.0 Å². The molecule has 0 saturated carbocycles. The topological polar surface area (TPSA) is 16.1 Å². The van der Waals surface area contributed by atoms with Crippen LogP contribution in [-0.2, 0) is 6.54 Å². The zero-order valence-corrected chi connectivity index (χ0v) is 7.40. The quantitative estimate of drug-likeness (QED) is 0.657. The molecule has 2 rings (SSSR count). The van der Waals surface area contributed by atoms with Crippen LogP contribution in [0.25, 0.3) is 0 Å². The van der Waals surface area contributed by atoms with Crippen molar-refractivity contribution in [3.63, 3.8) is 0 Å². The molecule has 0 N–H and O–H groups in total. The maximum absolute atomic E-state index is 4.09. The molecule has 1 atom stereocenters. The van der Waals surface area contributed by atoms with Gasteiger partial charge in [0.15, 0.2) is 0 Å². The van der Waals surface area contributed by atoms with Crippen molar-refractivity contribution < 1.29 is 0 Å². The molecular formula is C10H14N2. The molecular weight excluding hydrogens is 148 g/mol. The largest absolute Gasteiger partial charge is 0.296 e. The van der Waals surface area contributed by atoms with E-state index in [0.717, 1.165) is 12.6 Å². The number of hydrogen-bond acceptors (Lipinski definition) is 2. The van der Waals surface area contributed by atoms with Crippen LogP contribution in [0.15, 0.2) is 24.5 Å². The second-order valence-corrected chi connectivity index (χ2v) is 3.47. The van der Waals surface area contributed by atoms with Gasteiger partial charge in [-0.1, -0.05) is 6.07 Å². The third-order valence-corrected chi connectivity index (χ3v) is 2.57. The van der Waals surface area contributed by atoms with Crippen molar-refractivity contribution >= 4 is 0 Å². The second-order valence-electron chi connectivity index (χ2n) is 3.47. The van der Waals surface area contributed by atoms with Crippen molar-refractivity contribution in [1.29, 1.82) is 0 Å². The van der Waals surface area contributed by atoms with E-state index in [-0.39, 0.29) is 0 Å². The highest BCUT2D eigenvalue weighted by Gasteiger charge is 2.22. The van der Waals surface area contributed by atoms with Gasteiger partial charge in [-0.25, -0.2) is 0 Å².